The van der Waals surface area contributed by atoms with Crippen molar-refractivity contribution in [3.05, 3.63) is 53.2 Å². The molecule has 1 aromatic heterocycles. The summed E-state index contributed by atoms with van der Waals surface area (Å²) >= 11 is 0. The lowest BCUT2D eigenvalue weighted by atomic mass is 9.82. The molecule has 0 radical (unpaired) electrons. The Bertz CT molecular complexity index is 1230. The topological polar surface area (TPSA) is 53.6 Å². The number of hydrogen-bond donors (Lipinski definition) is 1. The largest absolute Gasteiger partial charge is 0.496 e. The number of alkyl halides is 3. The number of benzene rings is 2. The molecule has 3 atom stereocenters. The summed E-state index contributed by atoms with van der Waals surface area (Å²) in [7, 11) is 1.61. The molecule has 1 saturated heterocycles. The summed E-state index contributed by atoms with van der Waals surface area (Å²) in [4.78, 5) is 4.21. The molecule has 37 heavy (non-hydrogen) atoms. The van der Waals surface area contributed by atoms with Crippen LogP contribution in [-0.4, -0.2) is 85.0 Å². The number of hydrogen-bond acceptors (Lipinski definition) is 5. The highest BCUT2D eigenvalue weighted by Gasteiger charge is 2.40. The summed E-state index contributed by atoms with van der Waals surface area (Å²) in [6, 6.07) is 9.38. The second kappa shape index (κ2) is 10.5. The Labute approximate surface area is 215 Å². The monoisotopic (exact) mass is 516 g/mol. The Morgan fingerprint density at radius 1 is 1.16 bits per heavy atom. The number of nitrogens with one attached hydrogen (secondary N) is 1. The molecular formula is C28H35F3N4O2. The number of aromatic amines is 1. The number of H-pyrrole nitrogens is 1. The fourth-order valence-corrected chi connectivity index (χ4v) is 5.70. The van der Waals surface area contributed by atoms with Crippen molar-refractivity contribution in [2.75, 3.05) is 53.2 Å². The first-order chi connectivity index (χ1) is 17.8. The van der Waals surface area contributed by atoms with E-state index in [9.17, 15) is 8.78 Å². The predicted molar refractivity (Wildman–Crippen MR) is 138 cm³/mol. The van der Waals surface area contributed by atoms with Gasteiger partial charge in [-0.15, -0.1) is 0 Å². The molecule has 200 valence electrons. The number of likely N-dealkylation sites (tertiary alicyclic amines) is 1. The van der Waals surface area contributed by atoms with E-state index in [1.165, 1.54) is 6.92 Å². The van der Waals surface area contributed by atoms with E-state index in [0.29, 0.717) is 24.5 Å². The molecule has 5 rings (SSSR count). The Morgan fingerprint density at radius 2 is 1.95 bits per heavy atom. The molecule has 0 spiro atoms. The van der Waals surface area contributed by atoms with Crippen LogP contribution in [0.25, 0.3) is 10.9 Å². The number of rotatable bonds is 10. The fourth-order valence-electron chi connectivity index (χ4n) is 5.70. The molecule has 2 aliphatic rings. The standard InChI is InChI=1S/C28H35F3N4O2/c1-18-10-23-21(6-7-25-24(23)13-32-33-25)27(35(18)17-28(2,31)16-30)22-5-4-20(11-26(22)36-3)37-9-8-34-14-19(12-29)15-34/h4-7,11,13,18-19,27H,8-10,12,14-17H2,1-3H3,(H,32,33)/t18-,27?,28?/m1/s1. The third-order valence-electron chi connectivity index (χ3n) is 7.68. The van der Waals surface area contributed by atoms with Gasteiger partial charge in [0.05, 0.1) is 31.5 Å². The van der Waals surface area contributed by atoms with E-state index in [2.05, 4.69) is 22.0 Å². The smallest absolute Gasteiger partial charge is 0.149 e. The molecule has 0 aliphatic carbocycles. The van der Waals surface area contributed by atoms with E-state index in [1.807, 2.05) is 41.4 Å². The van der Waals surface area contributed by atoms with Gasteiger partial charge in [0.25, 0.3) is 0 Å². The molecule has 9 heteroatoms. The molecule has 0 amide bonds. The van der Waals surface area contributed by atoms with Gasteiger partial charge < -0.3 is 9.47 Å². The van der Waals surface area contributed by atoms with E-state index < -0.39 is 12.3 Å². The summed E-state index contributed by atoms with van der Waals surface area (Å²) < 4.78 is 53.1. The maximum Gasteiger partial charge on any atom is 0.149 e. The molecule has 0 saturated carbocycles. The van der Waals surface area contributed by atoms with Crippen LogP contribution in [0, 0.1) is 5.92 Å². The molecule has 6 nitrogen and oxygen atoms in total. The zero-order valence-electron chi connectivity index (χ0n) is 21.6. The highest BCUT2D eigenvalue weighted by molar-refractivity contribution is 5.83. The normalized spacial score (nSPS) is 22.4. The van der Waals surface area contributed by atoms with Gasteiger partial charge in [0.2, 0.25) is 0 Å². The molecule has 3 heterocycles. The minimum atomic E-state index is -1.97. The Morgan fingerprint density at radius 3 is 2.68 bits per heavy atom. The van der Waals surface area contributed by atoms with Crippen LogP contribution in [0.1, 0.15) is 36.6 Å². The number of ether oxygens (including phenoxy) is 2. The van der Waals surface area contributed by atoms with E-state index in [1.54, 1.807) is 7.11 Å². The molecule has 1 N–H and O–H groups in total. The molecule has 2 aliphatic heterocycles. The van der Waals surface area contributed by atoms with Crippen LogP contribution in [0.3, 0.4) is 0 Å². The zero-order valence-corrected chi connectivity index (χ0v) is 21.6. The van der Waals surface area contributed by atoms with Gasteiger partial charge in [0, 0.05) is 55.2 Å². The first-order valence-corrected chi connectivity index (χ1v) is 12.9. The second-order valence-corrected chi connectivity index (χ2v) is 10.7. The SMILES string of the molecule is COc1cc(OCCN2CC(CF)C2)ccc1C1c2ccc3[nH]ncc3c2C[C@@H](C)N1CC(C)(F)CF. The second-order valence-electron chi connectivity index (χ2n) is 10.7. The van der Waals surface area contributed by atoms with Gasteiger partial charge in [-0.2, -0.15) is 5.10 Å². The van der Waals surface area contributed by atoms with E-state index in [4.69, 9.17) is 9.47 Å². The lowest BCUT2D eigenvalue weighted by Crippen LogP contribution is -2.49. The van der Waals surface area contributed by atoms with Crippen LogP contribution >= 0.6 is 0 Å². The summed E-state index contributed by atoms with van der Waals surface area (Å²) in [6.07, 6.45) is 2.53. The van der Waals surface area contributed by atoms with Crippen molar-refractivity contribution in [1.29, 1.82) is 0 Å². The van der Waals surface area contributed by atoms with Crippen molar-refractivity contribution in [1.82, 2.24) is 20.0 Å². The van der Waals surface area contributed by atoms with Crippen LogP contribution in [0.15, 0.2) is 36.5 Å². The van der Waals surface area contributed by atoms with Crippen LogP contribution in [0.4, 0.5) is 13.2 Å². The third-order valence-corrected chi connectivity index (χ3v) is 7.68. The molecule has 0 bridgehead atoms. The van der Waals surface area contributed by atoms with Crippen molar-refractivity contribution in [2.24, 2.45) is 5.92 Å². The average Bonchev–Trinajstić information content (AvgIpc) is 3.35. The third kappa shape index (κ3) is 5.16. The Balaban J connectivity index is 1.46. The van der Waals surface area contributed by atoms with Crippen molar-refractivity contribution in [3.8, 4) is 11.5 Å². The van der Waals surface area contributed by atoms with Gasteiger partial charge in [0.1, 0.15) is 30.4 Å². The predicted octanol–water partition coefficient (Wildman–Crippen LogP) is 4.89. The Kier molecular flexibility index (Phi) is 7.36. The van der Waals surface area contributed by atoms with Crippen LogP contribution in [0.2, 0.25) is 0 Å². The van der Waals surface area contributed by atoms with Crippen LogP contribution in [0.5, 0.6) is 11.5 Å². The number of methoxy groups -OCH3 is 1. The zero-order chi connectivity index (χ0) is 26.2. The van der Waals surface area contributed by atoms with Gasteiger partial charge in [-0.1, -0.05) is 6.07 Å². The van der Waals surface area contributed by atoms with Crippen molar-refractivity contribution in [2.45, 2.75) is 38.0 Å². The number of fused-ring (bicyclic) bond motifs is 3. The summed E-state index contributed by atoms with van der Waals surface area (Å²) in [5, 5.41) is 8.29. The maximum absolute atomic E-state index is 15.1. The maximum atomic E-state index is 15.1. The summed E-state index contributed by atoms with van der Waals surface area (Å²) in [6.45, 7) is 4.77. The quantitative estimate of drug-likeness (QED) is 0.416. The number of halogens is 3. The minimum absolute atomic E-state index is 0.0371. The fraction of sp³-hybridized carbons (Fsp3) is 0.536. The highest BCUT2D eigenvalue weighted by Crippen LogP contribution is 2.44. The van der Waals surface area contributed by atoms with Crippen molar-refractivity contribution in [3.63, 3.8) is 0 Å². The van der Waals surface area contributed by atoms with Crippen molar-refractivity contribution >= 4 is 10.9 Å². The van der Waals surface area contributed by atoms with E-state index >= 15 is 4.39 Å². The van der Waals surface area contributed by atoms with E-state index in [-0.39, 0.29) is 31.2 Å². The molecule has 2 unspecified atom stereocenters. The minimum Gasteiger partial charge on any atom is -0.496 e. The molecule has 3 aromatic rings. The van der Waals surface area contributed by atoms with Gasteiger partial charge in [-0.05, 0) is 49.6 Å². The number of nitrogens with zero attached hydrogens (tertiary/aromatic N) is 3. The van der Waals surface area contributed by atoms with Crippen LogP contribution < -0.4 is 9.47 Å². The van der Waals surface area contributed by atoms with Gasteiger partial charge in [-0.3, -0.25) is 19.3 Å². The van der Waals surface area contributed by atoms with Crippen molar-refractivity contribution < 1.29 is 22.6 Å². The van der Waals surface area contributed by atoms with E-state index in [0.717, 1.165) is 47.2 Å². The lowest BCUT2D eigenvalue weighted by Gasteiger charge is -2.44. The first-order valence-electron chi connectivity index (χ1n) is 12.9. The summed E-state index contributed by atoms with van der Waals surface area (Å²) in [5.41, 5.74) is 2.04. The lowest BCUT2D eigenvalue weighted by molar-refractivity contribution is 0.0404. The van der Waals surface area contributed by atoms with Gasteiger partial charge >= 0.3 is 0 Å². The molecule has 1 fully saturated rings. The van der Waals surface area contributed by atoms with Crippen LogP contribution in [-0.2, 0) is 6.42 Å². The van der Waals surface area contributed by atoms with Gasteiger partial charge in [0.15, 0.2) is 0 Å². The van der Waals surface area contributed by atoms with Gasteiger partial charge in [-0.25, -0.2) is 8.78 Å². The molecular weight excluding hydrogens is 481 g/mol. The average molecular weight is 517 g/mol. The Hall–Kier alpha value is -2.78. The molecule has 2 aromatic carbocycles. The number of aromatic nitrogens is 2. The highest BCUT2D eigenvalue weighted by atomic mass is 19.2. The first kappa shape index (κ1) is 25.9. The summed E-state index contributed by atoms with van der Waals surface area (Å²) in [5.74, 6) is 1.44.